The third-order valence-electron chi connectivity index (χ3n) is 3.94. The Morgan fingerprint density at radius 1 is 1.23 bits per heavy atom. The van der Waals surface area contributed by atoms with E-state index in [-0.39, 0.29) is 34.3 Å². The SMILES string of the molecule is COc1cc(O)c2c(c1)C(=O)C1=C(C2=O)[C@H](OC)O[C@@H](C)C1. The molecule has 0 spiro atoms. The Labute approximate surface area is 127 Å². The first-order chi connectivity index (χ1) is 10.5. The molecule has 0 unspecified atom stereocenters. The number of ether oxygens (including phenoxy) is 3. The van der Waals surface area contributed by atoms with Gasteiger partial charge in [0.2, 0.25) is 0 Å². The summed E-state index contributed by atoms with van der Waals surface area (Å²) in [6.45, 7) is 1.81. The molecule has 1 N–H and O–H groups in total. The molecule has 0 fully saturated rings. The highest BCUT2D eigenvalue weighted by Crippen LogP contribution is 2.40. The number of phenolic OH excluding ortho intramolecular Hbond substituents is 1. The van der Waals surface area contributed by atoms with E-state index in [9.17, 15) is 14.7 Å². The number of rotatable bonds is 2. The smallest absolute Gasteiger partial charge is 0.198 e. The van der Waals surface area contributed by atoms with E-state index in [2.05, 4.69) is 0 Å². The van der Waals surface area contributed by atoms with E-state index in [1.54, 1.807) is 0 Å². The molecule has 1 aromatic rings. The number of phenols is 1. The summed E-state index contributed by atoms with van der Waals surface area (Å²) in [6.07, 6.45) is -0.803. The van der Waals surface area contributed by atoms with Gasteiger partial charge in [-0.15, -0.1) is 0 Å². The molecule has 2 atom stereocenters. The molecule has 2 aliphatic rings. The van der Waals surface area contributed by atoms with Crippen LogP contribution in [-0.2, 0) is 9.47 Å². The predicted molar refractivity (Wildman–Crippen MR) is 76.3 cm³/mol. The number of Topliss-reactive ketones (excluding diaryl/α,β-unsaturated/α-hetero) is 2. The normalized spacial score (nSPS) is 24.1. The summed E-state index contributed by atoms with van der Waals surface area (Å²) in [6, 6.07) is 2.78. The maximum absolute atomic E-state index is 12.7. The molecular weight excluding hydrogens is 288 g/mol. The van der Waals surface area contributed by atoms with Crippen LogP contribution in [0.25, 0.3) is 0 Å². The van der Waals surface area contributed by atoms with Crippen molar-refractivity contribution in [2.24, 2.45) is 0 Å². The number of hydrogen-bond acceptors (Lipinski definition) is 6. The summed E-state index contributed by atoms with van der Waals surface area (Å²) in [5.74, 6) is -0.697. The van der Waals surface area contributed by atoms with Crippen LogP contribution in [0.4, 0.5) is 0 Å². The molecule has 1 heterocycles. The molecule has 0 aromatic heterocycles. The maximum atomic E-state index is 12.7. The lowest BCUT2D eigenvalue weighted by Gasteiger charge is -2.33. The van der Waals surface area contributed by atoms with Crippen molar-refractivity contribution in [2.75, 3.05) is 14.2 Å². The molecule has 6 nitrogen and oxygen atoms in total. The fourth-order valence-electron chi connectivity index (χ4n) is 2.93. The van der Waals surface area contributed by atoms with Gasteiger partial charge in [-0.1, -0.05) is 0 Å². The van der Waals surface area contributed by atoms with Gasteiger partial charge >= 0.3 is 0 Å². The third kappa shape index (κ3) is 2.03. The second-order valence-electron chi connectivity index (χ2n) is 5.34. The Morgan fingerprint density at radius 3 is 2.59 bits per heavy atom. The highest BCUT2D eigenvalue weighted by molar-refractivity contribution is 6.28. The Bertz CT molecular complexity index is 703. The molecule has 22 heavy (non-hydrogen) atoms. The van der Waals surface area contributed by atoms with Crippen molar-refractivity contribution in [3.63, 3.8) is 0 Å². The summed E-state index contributed by atoms with van der Waals surface area (Å²) in [5, 5.41) is 10.1. The standard InChI is InChI=1S/C16H16O6/c1-7-4-9-13(16(21-3)22-7)15(19)12-10(14(9)18)5-8(20-2)6-11(12)17/h5-7,16-17H,4H2,1-3H3/t7-,16+/m0/s1. The van der Waals surface area contributed by atoms with E-state index >= 15 is 0 Å². The Kier molecular flexibility index (Phi) is 3.50. The largest absolute Gasteiger partial charge is 0.507 e. The van der Waals surface area contributed by atoms with E-state index in [4.69, 9.17) is 14.2 Å². The van der Waals surface area contributed by atoms with Crippen molar-refractivity contribution < 1.29 is 28.9 Å². The molecule has 3 rings (SSSR count). The lowest BCUT2D eigenvalue weighted by atomic mass is 9.80. The quantitative estimate of drug-likeness (QED) is 0.898. The van der Waals surface area contributed by atoms with Crippen LogP contribution in [0.15, 0.2) is 23.3 Å². The van der Waals surface area contributed by atoms with Gasteiger partial charge in [-0.25, -0.2) is 0 Å². The van der Waals surface area contributed by atoms with E-state index in [1.807, 2.05) is 6.92 Å². The van der Waals surface area contributed by atoms with Gasteiger partial charge in [0.25, 0.3) is 0 Å². The molecule has 1 aromatic carbocycles. The molecule has 0 saturated carbocycles. The van der Waals surface area contributed by atoms with Crippen LogP contribution in [0, 0.1) is 0 Å². The van der Waals surface area contributed by atoms with Gasteiger partial charge in [0.1, 0.15) is 11.5 Å². The van der Waals surface area contributed by atoms with Crippen LogP contribution in [0.2, 0.25) is 0 Å². The van der Waals surface area contributed by atoms with Gasteiger partial charge in [-0.3, -0.25) is 9.59 Å². The first kappa shape index (κ1) is 14.7. The Morgan fingerprint density at radius 2 is 1.95 bits per heavy atom. The van der Waals surface area contributed by atoms with E-state index < -0.39 is 12.1 Å². The summed E-state index contributed by atoms with van der Waals surface area (Å²) < 4.78 is 15.8. The van der Waals surface area contributed by atoms with Crippen molar-refractivity contribution in [3.05, 3.63) is 34.4 Å². The summed E-state index contributed by atoms with van der Waals surface area (Å²) in [7, 11) is 2.84. The van der Waals surface area contributed by atoms with E-state index in [0.717, 1.165) is 0 Å². The molecule has 116 valence electrons. The third-order valence-corrected chi connectivity index (χ3v) is 3.94. The van der Waals surface area contributed by atoms with Crippen molar-refractivity contribution in [1.29, 1.82) is 0 Å². The van der Waals surface area contributed by atoms with Gasteiger partial charge in [0.15, 0.2) is 17.9 Å². The van der Waals surface area contributed by atoms with Crippen molar-refractivity contribution in [3.8, 4) is 11.5 Å². The highest BCUT2D eigenvalue weighted by atomic mass is 16.7. The number of carbonyl (C=O) groups excluding carboxylic acids is 2. The molecular formula is C16H16O6. The zero-order valence-electron chi connectivity index (χ0n) is 12.5. The second-order valence-corrected chi connectivity index (χ2v) is 5.34. The summed E-state index contributed by atoms with van der Waals surface area (Å²) >= 11 is 0. The zero-order valence-corrected chi connectivity index (χ0v) is 12.5. The number of hydrogen-bond donors (Lipinski definition) is 1. The number of methoxy groups -OCH3 is 2. The monoisotopic (exact) mass is 304 g/mol. The van der Waals surface area contributed by atoms with Crippen molar-refractivity contribution >= 4 is 11.6 Å². The first-order valence-corrected chi connectivity index (χ1v) is 6.89. The molecule has 6 heteroatoms. The zero-order chi connectivity index (χ0) is 16.0. The van der Waals surface area contributed by atoms with Crippen molar-refractivity contribution in [2.45, 2.75) is 25.7 Å². The lowest BCUT2D eigenvalue weighted by Crippen LogP contribution is -2.38. The minimum Gasteiger partial charge on any atom is -0.507 e. The van der Waals surface area contributed by atoms with Crippen LogP contribution in [0.1, 0.15) is 34.1 Å². The Hall–Kier alpha value is -2.18. The van der Waals surface area contributed by atoms with E-state index in [0.29, 0.717) is 17.7 Å². The Balaban J connectivity index is 2.22. The molecule has 0 radical (unpaired) electrons. The minimum atomic E-state index is -0.898. The molecule has 1 aliphatic carbocycles. The average Bonchev–Trinajstić information content (AvgIpc) is 2.50. The number of fused-ring (bicyclic) bond motifs is 1. The van der Waals surface area contributed by atoms with Crippen LogP contribution in [0.3, 0.4) is 0 Å². The van der Waals surface area contributed by atoms with Gasteiger partial charge in [-0.05, 0) is 13.0 Å². The van der Waals surface area contributed by atoms with Gasteiger partial charge in [0, 0.05) is 30.7 Å². The maximum Gasteiger partial charge on any atom is 0.198 e. The number of aromatic hydroxyl groups is 1. The van der Waals surface area contributed by atoms with Crippen LogP contribution < -0.4 is 4.74 Å². The molecule has 0 amide bonds. The average molecular weight is 304 g/mol. The summed E-state index contributed by atoms with van der Waals surface area (Å²) in [4.78, 5) is 25.5. The fourth-order valence-corrected chi connectivity index (χ4v) is 2.93. The second kappa shape index (κ2) is 5.23. The van der Waals surface area contributed by atoms with Crippen LogP contribution in [-0.4, -0.2) is 43.3 Å². The van der Waals surface area contributed by atoms with Crippen LogP contribution in [0.5, 0.6) is 11.5 Å². The minimum absolute atomic E-state index is 0.0234. The fraction of sp³-hybridized carbons (Fsp3) is 0.375. The molecule has 1 aliphatic heterocycles. The van der Waals surface area contributed by atoms with Gasteiger partial charge < -0.3 is 19.3 Å². The number of ketones is 2. The lowest BCUT2D eigenvalue weighted by molar-refractivity contribution is -0.133. The number of carbonyl (C=O) groups is 2. The highest BCUT2D eigenvalue weighted by Gasteiger charge is 2.42. The molecule has 0 bridgehead atoms. The summed E-state index contributed by atoms with van der Waals surface area (Å²) in [5.41, 5.74) is 0.698. The topological polar surface area (TPSA) is 82.1 Å². The van der Waals surface area contributed by atoms with Crippen LogP contribution >= 0.6 is 0 Å². The predicted octanol–water partition coefficient (Wildman–Crippen LogP) is 1.86. The van der Waals surface area contributed by atoms with Gasteiger partial charge in [0.05, 0.1) is 24.4 Å². The molecule has 0 saturated heterocycles. The van der Waals surface area contributed by atoms with E-state index in [1.165, 1.54) is 26.4 Å². The van der Waals surface area contributed by atoms with Crippen molar-refractivity contribution in [1.82, 2.24) is 0 Å². The first-order valence-electron chi connectivity index (χ1n) is 6.89. The van der Waals surface area contributed by atoms with Gasteiger partial charge in [-0.2, -0.15) is 0 Å². The number of benzene rings is 1.